The molecule has 1 amide bonds. The van der Waals surface area contributed by atoms with E-state index in [1.165, 1.54) is 0 Å². The van der Waals surface area contributed by atoms with Crippen LogP contribution in [0.5, 0.6) is 0 Å². The van der Waals surface area contributed by atoms with Gasteiger partial charge in [0, 0.05) is 45.9 Å². The molecule has 8 heteroatoms. The number of allylic oxidation sites excluding steroid dienone is 4. The van der Waals surface area contributed by atoms with Gasteiger partial charge < -0.3 is 24.6 Å². The molecule has 11 atom stereocenters. The number of nitrogens with zero attached hydrogens (tertiary/aromatic N) is 1. The molecule has 7 aliphatic carbocycles. The number of rotatable bonds is 8. The third kappa shape index (κ3) is 4.66. The van der Waals surface area contributed by atoms with Crippen LogP contribution in [0.25, 0.3) is 11.1 Å². The second-order valence-electron chi connectivity index (χ2n) is 21.0. The van der Waals surface area contributed by atoms with Crippen molar-refractivity contribution in [1.82, 2.24) is 4.90 Å². The van der Waals surface area contributed by atoms with E-state index in [-0.39, 0.29) is 47.6 Å². The van der Waals surface area contributed by atoms with E-state index in [1.807, 2.05) is 68.1 Å². The molecule has 11 unspecified atom stereocenters. The number of hydrogen-bond acceptors (Lipinski definition) is 7. The number of Topliss-reactive ketones (excluding diaryl/α,β-unsaturated/α-hetero) is 1. The molecular weight excluding hydrogens is 727 g/mol. The summed E-state index contributed by atoms with van der Waals surface area (Å²) in [5, 5.41) is 24.7. The molecule has 58 heavy (non-hydrogen) atoms. The molecule has 2 saturated heterocycles. The van der Waals surface area contributed by atoms with Crippen LogP contribution in [-0.2, 0) is 19.1 Å². The van der Waals surface area contributed by atoms with Crippen molar-refractivity contribution in [2.45, 2.75) is 129 Å². The third-order valence-corrected chi connectivity index (χ3v) is 18.8. The summed E-state index contributed by atoms with van der Waals surface area (Å²) < 4.78 is 12.3. The first-order chi connectivity index (χ1) is 27.5. The number of ketones is 1. The van der Waals surface area contributed by atoms with Crippen LogP contribution in [0, 0.1) is 44.3 Å². The zero-order valence-electron chi connectivity index (χ0n) is 35.0. The average molecular weight is 788 g/mol. The molecule has 4 saturated carbocycles. The van der Waals surface area contributed by atoms with Crippen LogP contribution in [0.1, 0.15) is 116 Å². The summed E-state index contributed by atoms with van der Waals surface area (Å²) in [6.45, 7) is 11.7. The summed E-state index contributed by atoms with van der Waals surface area (Å²) in [6.07, 6.45) is 14.2. The molecule has 2 aromatic carbocycles. The smallest absolute Gasteiger partial charge is 0.313 e. The van der Waals surface area contributed by atoms with E-state index in [9.17, 15) is 15.0 Å². The van der Waals surface area contributed by atoms with Crippen molar-refractivity contribution in [2.75, 3.05) is 19.7 Å². The van der Waals surface area contributed by atoms with Crippen LogP contribution < -0.4 is 0 Å². The number of aliphatic hydroxyl groups is 2. The van der Waals surface area contributed by atoms with Gasteiger partial charge >= 0.3 is 5.97 Å². The largest absolute Gasteiger partial charge is 0.448 e. The van der Waals surface area contributed by atoms with E-state index in [4.69, 9.17) is 9.47 Å². The molecular formula is C50H61NO7. The van der Waals surface area contributed by atoms with Gasteiger partial charge in [0.25, 0.3) is 5.91 Å². The Hall–Kier alpha value is -3.59. The number of fused-ring (bicyclic) bond motifs is 3. The first kappa shape index (κ1) is 38.6. The molecule has 6 fully saturated rings. The molecule has 2 spiro atoms. The molecule has 2 aromatic rings. The maximum Gasteiger partial charge on any atom is 0.313 e. The Morgan fingerprint density at radius 3 is 2.24 bits per heavy atom. The number of carbonyl (C=O) groups is 3. The van der Waals surface area contributed by atoms with Crippen LogP contribution >= 0.6 is 0 Å². The van der Waals surface area contributed by atoms with Gasteiger partial charge in [0.05, 0.1) is 29.8 Å². The summed E-state index contributed by atoms with van der Waals surface area (Å²) in [6, 6.07) is 18.1. The lowest BCUT2D eigenvalue weighted by molar-refractivity contribution is -0.188. The third-order valence-electron chi connectivity index (χ3n) is 18.8. The summed E-state index contributed by atoms with van der Waals surface area (Å²) in [4.78, 5) is 46.1. The van der Waals surface area contributed by atoms with Gasteiger partial charge in [-0.3, -0.25) is 14.4 Å². The summed E-state index contributed by atoms with van der Waals surface area (Å²) in [7, 11) is 0. The van der Waals surface area contributed by atoms with Crippen molar-refractivity contribution in [3.8, 4) is 11.1 Å². The average Bonchev–Trinajstić information content (AvgIpc) is 3.91. The van der Waals surface area contributed by atoms with Crippen LogP contribution in [-0.4, -0.2) is 75.9 Å². The van der Waals surface area contributed by atoms with Gasteiger partial charge in [-0.1, -0.05) is 101 Å². The molecule has 2 heterocycles. The highest BCUT2D eigenvalue weighted by Crippen LogP contribution is 2.78. The maximum absolute atomic E-state index is 15.6. The van der Waals surface area contributed by atoms with Gasteiger partial charge in [-0.2, -0.15) is 0 Å². The number of benzene rings is 2. The molecule has 2 N–H and O–H groups in total. The summed E-state index contributed by atoms with van der Waals surface area (Å²) in [5.41, 5.74) is -2.55. The molecule has 0 radical (unpaired) electrons. The second-order valence-corrected chi connectivity index (χ2v) is 21.0. The van der Waals surface area contributed by atoms with Crippen LogP contribution in [0.3, 0.4) is 0 Å². The fraction of sp³-hybridized carbons (Fsp3) is 0.620. The Bertz CT molecular complexity index is 2140. The first-order valence-corrected chi connectivity index (χ1v) is 22.2. The lowest BCUT2D eigenvalue weighted by Crippen LogP contribution is -2.68. The molecule has 4 bridgehead atoms. The van der Waals surface area contributed by atoms with Crippen LogP contribution in [0.2, 0.25) is 0 Å². The number of aliphatic hydroxyl groups excluding tert-OH is 1. The predicted octanol–water partition coefficient (Wildman–Crippen LogP) is 8.26. The van der Waals surface area contributed by atoms with Crippen molar-refractivity contribution in [3.63, 3.8) is 0 Å². The Labute approximate surface area is 343 Å². The number of hydrogen-bond donors (Lipinski definition) is 2. The first-order valence-electron chi connectivity index (χ1n) is 22.2. The predicted molar refractivity (Wildman–Crippen MR) is 220 cm³/mol. The van der Waals surface area contributed by atoms with Crippen LogP contribution in [0.4, 0.5) is 0 Å². The summed E-state index contributed by atoms with van der Waals surface area (Å²) >= 11 is 0. The van der Waals surface area contributed by atoms with Crippen molar-refractivity contribution >= 4 is 17.7 Å². The minimum atomic E-state index is -1.30. The van der Waals surface area contributed by atoms with E-state index in [0.717, 1.165) is 55.2 Å². The van der Waals surface area contributed by atoms with E-state index >= 15 is 9.59 Å². The minimum absolute atomic E-state index is 0.0267. The van der Waals surface area contributed by atoms with Gasteiger partial charge in [-0.05, 0) is 106 Å². The zero-order valence-corrected chi connectivity index (χ0v) is 35.0. The van der Waals surface area contributed by atoms with E-state index in [0.29, 0.717) is 50.8 Å². The minimum Gasteiger partial charge on any atom is -0.448 e. The van der Waals surface area contributed by atoms with Crippen molar-refractivity contribution in [1.29, 1.82) is 0 Å². The van der Waals surface area contributed by atoms with E-state index in [1.54, 1.807) is 0 Å². The molecule has 11 rings (SSSR count). The van der Waals surface area contributed by atoms with E-state index < -0.39 is 44.4 Å². The molecule has 2 aliphatic heterocycles. The van der Waals surface area contributed by atoms with Gasteiger partial charge in [-0.25, -0.2) is 0 Å². The quantitative estimate of drug-likeness (QED) is 0.157. The highest BCUT2D eigenvalue weighted by Gasteiger charge is 2.78. The molecule has 9 aliphatic rings. The van der Waals surface area contributed by atoms with Gasteiger partial charge in [0.1, 0.15) is 0 Å². The number of carbonyl (C=O) groups excluding carboxylic acids is 3. The number of ether oxygens (including phenoxy) is 2. The Balaban J connectivity index is 1.07. The molecule has 308 valence electrons. The fourth-order valence-corrected chi connectivity index (χ4v) is 14.8. The fourth-order valence-electron chi connectivity index (χ4n) is 14.8. The van der Waals surface area contributed by atoms with Crippen molar-refractivity contribution in [3.05, 3.63) is 84.0 Å². The highest BCUT2D eigenvalue weighted by atomic mass is 16.6. The topological polar surface area (TPSA) is 113 Å². The zero-order chi connectivity index (χ0) is 40.7. The molecule has 0 aromatic heterocycles. The van der Waals surface area contributed by atoms with Gasteiger partial charge in [0.15, 0.2) is 11.4 Å². The Morgan fingerprint density at radius 2 is 1.53 bits per heavy atom. The Kier molecular flexibility index (Phi) is 8.31. The standard InChI is InChI=1S/C50H61NO7/c1-43(2)46(5)23-26-50(43,58-42(46)55)41(54)51(30-34-14-11-27-57-34)31-48(56)22-19-39-45(48,4)21-18-38-44(3)20-17-33(52)28-47(44)24-25-49(38,39)37(29-47)40(53)36-16-10-9-15-35(36)32-12-7-6-8-13-32/h6-10,12-13,15-16,24-25,29,33-34,38-39,52,56H,11,14,17-23,26-28,30-31H2,1-5H3. The Morgan fingerprint density at radius 1 is 0.828 bits per heavy atom. The van der Waals surface area contributed by atoms with Crippen LogP contribution in [0.15, 0.2) is 78.4 Å². The number of amides is 1. The SMILES string of the molecule is CC12CCC(C(=O)N(CC3CCCO3)CC3(O)CCC4C56C=CC7(C=C5C(=O)c5ccccc5-c5ccccc5)CC(O)CCC7(C)C6CCC43C)(OC1=O)C2(C)C. The lowest BCUT2D eigenvalue weighted by Gasteiger charge is -2.71. The highest BCUT2D eigenvalue weighted by molar-refractivity contribution is 6.14. The summed E-state index contributed by atoms with van der Waals surface area (Å²) in [5.74, 6) is -0.425. The molecule has 8 nitrogen and oxygen atoms in total. The number of esters is 1. The van der Waals surface area contributed by atoms with E-state index in [2.05, 4.69) is 44.2 Å². The van der Waals surface area contributed by atoms with Crippen molar-refractivity contribution < 1.29 is 34.1 Å². The normalized spacial score (nSPS) is 44.0. The van der Waals surface area contributed by atoms with Gasteiger partial charge in [0.2, 0.25) is 0 Å². The van der Waals surface area contributed by atoms with Gasteiger partial charge in [-0.15, -0.1) is 0 Å². The monoisotopic (exact) mass is 787 g/mol. The second kappa shape index (κ2) is 12.5. The maximum atomic E-state index is 15.6. The lowest BCUT2D eigenvalue weighted by atomic mass is 9.32. The van der Waals surface area contributed by atoms with Crippen molar-refractivity contribution in [2.24, 2.45) is 44.3 Å².